The van der Waals surface area contributed by atoms with Crippen LogP contribution in [0.5, 0.6) is 5.75 Å². The zero-order chi connectivity index (χ0) is 31.3. The lowest BCUT2D eigenvalue weighted by molar-refractivity contribution is -0.137. The Bertz CT molecular complexity index is 1290. The van der Waals surface area contributed by atoms with Crippen LogP contribution in [0.1, 0.15) is 54.3 Å². The zero-order valence-corrected chi connectivity index (χ0v) is 24.2. The highest BCUT2D eigenvalue weighted by molar-refractivity contribution is 5.99. The number of hydrogen-bond donors (Lipinski definition) is 1. The van der Waals surface area contributed by atoms with E-state index >= 15 is 0 Å². The first-order chi connectivity index (χ1) is 20.2. The number of anilines is 1. The lowest BCUT2D eigenvalue weighted by Crippen LogP contribution is -2.08. The van der Waals surface area contributed by atoms with Crippen LogP contribution in [0.2, 0.25) is 0 Å². The average Bonchev–Trinajstić information content (AvgIpc) is 3.02. The SMILES string of the molecule is C=CC(=O)Nc1ccc(C(=O)O/C(C)=C/C=C(\C=C)OC(=O)c2ccc(OCCCCOC(=O)C=C)cc2)cc1.CC. The third-order valence-corrected chi connectivity index (χ3v) is 5.03. The second-order valence-corrected chi connectivity index (χ2v) is 8.05. The van der Waals surface area contributed by atoms with Crippen molar-refractivity contribution in [2.24, 2.45) is 0 Å². The molecule has 0 spiro atoms. The molecule has 2 rings (SSSR count). The molecule has 0 unspecified atom stereocenters. The standard InChI is InChI=1S/C31H31NO8.C2H6/c1-5-26(17-10-22(4)39-30(35)23-11-15-25(16-12-23)32-28(33)6-2)40-31(36)24-13-18-27(19-14-24)37-20-8-9-21-38-29(34)7-3;1-2/h5-7,10-19H,1-3,8-9,20-21H2,4H3,(H,32,33);1-2H3/b22-10+,26-17+;. The Kier molecular flexibility index (Phi) is 16.4. The van der Waals surface area contributed by atoms with Crippen molar-refractivity contribution in [3.8, 4) is 5.75 Å². The highest BCUT2D eigenvalue weighted by Crippen LogP contribution is 2.16. The normalized spacial score (nSPS) is 10.6. The third-order valence-electron chi connectivity index (χ3n) is 5.03. The van der Waals surface area contributed by atoms with Gasteiger partial charge in [0.1, 0.15) is 17.3 Å². The summed E-state index contributed by atoms with van der Waals surface area (Å²) in [7, 11) is 0. The van der Waals surface area contributed by atoms with Gasteiger partial charge in [-0.15, -0.1) is 0 Å². The van der Waals surface area contributed by atoms with Crippen molar-refractivity contribution in [3.05, 3.63) is 121 Å². The Morgan fingerprint density at radius 3 is 1.88 bits per heavy atom. The summed E-state index contributed by atoms with van der Waals surface area (Å²) in [6, 6.07) is 12.6. The van der Waals surface area contributed by atoms with E-state index in [1.165, 1.54) is 30.4 Å². The molecule has 0 bridgehead atoms. The fourth-order valence-electron chi connectivity index (χ4n) is 2.94. The molecule has 9 heteroatoms. The summed E-state index contributed by atoms with van der Waals surface area (Å²) in [5.41, 5.74) is 1.10. The molecule has 2 aromatic rings. The molecule has 0 heterocycles. The molecular weight excluding hydrogens is 538 g/mol. The summed E-state index contributed by atoms with van der Waals surface area (Å²) in [4.78, 5) is 47.2. The predicted octanol–water partition coefficient (Wildman–Crippen LogP) is 6.71. The van der Waals surface area contributed by atoms with Gasteiger partial charge < -0.3 is 24.3 Å². The van der Waals surface area contributed by atoms with E-state index in [0.29, 0.717) is 43.1 Å². The van der Waals surface area contributed by atoms with Crippen LogP contribution in [0.25, 0.3) is 0 Å². The molecule has 0 aromatic heterocycles. The van der Waals surface area contributed by atoms with Gasteiger partial charge in [0.2, 0.25) is 5.91 Å². The second kappa shape index (κ2) is 19.8. The number of ether oxygens (including phenoxy) is 4. The van der Waals surface area contributed by atoms with Gasteiger partial charge in [-0.1, -0.05) is 33.6 Å². The molecule has 0 saturated heterocycles. The number of allylic oxidation sites excluding steroid dienone is 4. The summed E-state index contributed by atoms with van der Waals surface area (Å²) in [6.07, 6.45) is 7.86. The Morgan fingerprint density at radius 2 is 1.31 bits per heavy atom. The van der Waals surface area contributed by atoms with Crippen LogP contribution in [-0.2, 0) is 23.8 Å². The first kappa shape index (κ1) is 34.8. The van der Waals surface area contributed by atoms with Crippen molar-refractivity contribution in [1.29, 1.82) is 0 Å². The summed E-state index contributed by atoms with van der Waals surface area (Å²) >= 11 is 0. The molecule has 9 nitrogen and oxygen atoms in total. The van der Waals surface area contributed by atoms with Gasteiger partial charge in [-0.2, -0.15) is 0 Å². The Morgan fingerprint density at radius 1 is 0.738 bits per heavy atom. The van der Waals surface area contributed by atoms with Gasteiger partial charge in [0, 0.05) is 11.8 Å². The second-order valence-electron chi connectivity index (χ2n) is 8.05. The number of benzene rings is 2. The molecule has 0 fully saturated rings. The molecule has 2 aromatic carbocycles. The molecule has 0 radical (unpaired) electrons. The molecule has 0 atom stereocenters. The number of esters is 3. The van der Waals surface area contributed by atoms with E-state index in [2.05, 4.69) is 25.1 Å². The summed E-state index contributed by atoms with van der Waals surface area (Å²) in [6.45, 7) is 16.6. The molecule has 0 aliphatic carbocycles. The molecule has 42 heavy (non-hydrogen) atoms. The van der Waals surface area contributed by atoms with Crippen LogP contribution in [0.3, 0.4) is 0 Å². The van der Waals surface area contributed by atoms with Crippen LogP contribution in [-0.4, -0.2) is 37.0 Å². The number of unbranched alkanes of at least 4 members (excludes halogenated alkanes) is 1. The molecule has 222 valence electrons. The number of carbonyl (C=O) groups excluding carboxylic acids is 4. The Labute approximate surface area is 246 Å². The van der Waals surface area contributed by atoms with E-state index in [4.69, 9.17) is 18.9 Å². The van der Waals surface area contributed by atoms with Gasteiger partial charge >= 0.3 is 17.9 Å². The number of amides is 1. The number of rotatable bonds is 15. The molecular formula is C33H37NO8. The Balaban J connectivity index is 0.00000431. The maximum atomic E-state index is 12.5. The van der Waals surface area contributed by atoms with Gasteiger partial charge in [-0.3, -0.25) is 4.79 Å². The molecule has 0 saturated carbocycles. The molecule has 0 aliphatic rings. The summed E-state index contributed by atoms with van der Waals surface area (Å²) < 4.78 is 21.2. The first-order valence-electron chi connectivity index (χ1n) is 13.3. The van der Waals surface area contributed by atoms with Crippen LogP contribution in [0.15, 0.2) is 110 Å². The third kappa shape index (κ3) is 13.3. The Hall–Kier alpha value is -5.18. The summed E-state index contributed by atoms with van der Waals surface area (Å²) in [5.74, 6) is -1.03. The maximum Gasteiger partial charge on any atom is 0.343 e. The van der Waals surface area contributed by atoms with Crippen LogP contribution < -0.4 is 10.1 Å². The lowest BCUT2D eigenvalue weighted by atomic mass is 10.2. The van der Waals surface area contributed by atoms with Crippen molar-refractivity contribution >= 4 is 29.5 Å². The van der Waals surface area contributed by atoms with Crippen LogP contribution >= 0.6 is 0 Å². The van der Waals surface area contributed by atoms with E-state index in [-0.39, 0.29) is 23.0 Å². The number of nitrogens with one attached hydrogen (secondary N) is 1. The first-order valence-corrected chi connectivity index (χ1v) is 13.3. The summed E-state index contributed by atoms with van der Waals surface area (Å²) in [5, 5.41) is 2.59. The molecule has 0 aliphatic heterocycles. The monoisotopic (exact) mass is 575 g/mol. The predicted molar refractivity (Wildman–Crippen MR) is 162 cm³/mol. The topological polar surface area (TPSA) is 117 Å². The van der Waals surface area contributed by atoms with E-state index in [9.17, 15) is 19.2 Å². The van der Waals surface area contributed by atoms with Gasteiger partial charge in [-0.05, 0) is 92.6 Å². The van der Waals surface area contributed by atoms with Crippen LogP contribution in [0.4, 0.5) is 5.69 Å². The van der Waals surface area contributed by atoms with Gasteiger partial charge in [0.25, 0.3) is 0 Å². The molecule has 1 N–H and O–H groups in total. The van der Waals surface area contributed by atoms with E-state index in [1.807, 2.05) is 13.8 Å². The fraction of sp³-hybridized carbons (Fsp3) is 0.212. The van der Waals surface area contributed by atoms with Gasteiger partial charge in [-0.25, -0.2) is 14.4 Å². The maximum absolute atomic E-state index is 12.5. The van der Waals surface area contributed by atoms with E-state index < -0.39 is 17.9 Å². The minimum absolute atomic E-state index is 0.153. The smallest absolute Gasteiger partial charge is 0.343 e. The highest BCUT2D eigenvalue weighted by Gasteiger charge is 2.11. The van der Waals surface area contributed by atoms with Crippen molar-refractivity contribution in [1.82, 2.24) is 0 Å². The highest BCUT2D eigenvalue weighted by atomic mass is 16.5. The molecule has 1 amide bonds. The van der Waals surface area contributed by atoms with Crippen molar-refractivity contribution < 1.29 is 38.1 Å². The quantitative estimate of drug-likeness (QED) is 0.0622. The van der Waals surface area contributed by atoms with E-state index in [0.717, 1.165) is 12.2 Å². The van der Waals surface area contributed by atoms with Gasteiger partial charge in [0.15, 0.2) is 0 Å². The van der Waals surface area contributed by atoms with Crippen LogP contribution in [0, 0.1) is 0 Å². The van der Waals surface area contributed by atoms with Crippen molar-refractivity contribution in [3.63, 3.8) is 0 Å². The van der Waals surface area contributed by atoms with E-state index in [1.54, 1.807) is 43.3 Å². The minimum Gasteiger partial charge on any atom is -0.494 e. The lowest BCUT2D eigenvalue weighted by Gasteiger charge is -2.08. The zero-order valence-electron chi connectivity index (χ0n) is 24.2. The van der Waals surface area contributed by atoms with Crippen molar-refractivity contribution in [2.75, 3.05) is 18.5 Å². The van der Waals surface area contributed by atoms with Gasteiger partial charge in [0.05, 0.1) is 24.3 Å². The largest absolute Gasteiger partial charge is 0.494 e. The number of carbonyl (C=O) groups is 4. The number of hydrogen-bond acceptors (Lipinski definition) is 8. The minimum atomic E-state index is -0.603. The fourth-order valence-corrected chi connectivity index (χ4v) is 2.94. The average molecular weight is 576 g/mol. The van der Waals surface area contributed by atoms with Crippen molar-refractivity contribution in [2.45, 2.75) is 33.6 Å².